The number of fused-ring (bicyclic) bond motifs is 1. The molecule has 0 saturated heterocycles. The number of imide groups is 1. The molecule has 0 atom stereocenters. The van der Waals surface area contributed by atoms with E-state index in [1.165, 1.54) is 11.3 Å². The van der Waals surface area contributed by atoms with Crippen LogP contribution in [-0.4, -0.2) is 22.0 Å². The summed E-state index contributed by atoms with van der Waals surface area (Å²) >= 11 is 1.28. The highest BCUT2D eigenvalue weighted by molar-refractivity contribution is 7.15. The van der Waals surface area contributed by atoms with Crippen molar-refractivity contribution in [2.75, 3.05) is 4.90 Å². The van der Waals surface area contributed by atoms with Crippen molar-refractivity contribution in [1.29, 1.82) is 0 Å². The number of amides is 2. The molecule has 0 N–H and O–H groups in total. The van der Waals surface area contributed by atoms with Crippen LogP contribution in [0.3, 0.4) is 0 Å². The Morgan fingerprint density at radius 2 is 1.55 bits per heavy atom. The third-order valence-corrected chi connectivity index (χ3v) is 4.38. The average Bonchev–Trinajstić information content (AvgIpc) is 2.95. The van der Waals surface area contributed by atoms with Gasteiger partial charge in [-0.2, -0.15) is 0 Å². The van der Waals surface area contributed by atoms with E-state index in [0.717, 1.165) is 9.91 Å². The van der Waals surface area contributed by atoms with E-state index in [4.69, 9.17) is 0 Å². The van der Waals surface area contributed by atoms with Gasteiger partial charge in [-0.25, -0.2) is 4.90 Å². The number of carbonyl (C=O) groups is 2. The molecular weight excluding hydrogens is 274 g/mol. The number of benzene rings is 1. The first-order valence-corrected chi connectivity index (χ1v) is 7.03. The number of carbonyl (C=O) groups excluding carboxylic acids is 2. The van der Waals surface area contributed by atoms with Crippen molar-refractivity contribution in [3.63, 3.8) is 0 Å². The summed E-state index contributed by atoms with van der Waals surface area (Å²) in [7, 11) is 0. The Kier molecular flexibility index (Phi) is 2.72. The molecule has 2 aromatic rings. The Hall–Kier alpha value is -2.08. The Morgan fingerprint density at radius 1 is 1.00 bits per heavy atom. The number of anilines is 1. The van der Waals surface area contributed by atoms with E-state index in [2.05, 4.69) is 10.2 Å². The van der Waals surface area contributed by atoms with Gasteiger partial charge in [0.25, 0.3) is 11.8 Å². The van der Waals surface area contributed by atoms with E-state index < -0.39 is 0 Å². The van der Waals surface area contributed by atoms with Crippen LogP contribution in [0.4, 0.5) is 5.13 Å². The molecule has 6 heteroatoms. The summed E-state index contributed by atoms with van der Waals surface area (Å²) in [4.78, 5) is 25.7. The minimum absolute atomic E-state index is 0.158. The normalized spacial score (nSPS) is 14.8. The predicted octanol–water partition coefficient (Wildman–Crippen LogP) is 2.64. The molecule has 20 heavy (non-hydrogen) atoms. The third-order valence-electron chi connectivity index (χ3n) is 3.04. The zero-order valence-electron chi connectivity index (χ0n) is 11.4. The van der Waals surface area contributed by atoms with Gasteiger partial charge in [0.2, 0.25) is 5.13 Å². The standard InChI is InChI=1S/C14H13N3O2S/c1-14(2,3)12-15-16-13(20-12)17-10(18)8-6-4-5-7-9(8)11(17)19/h4-7H,1-3H3. The van der Waals surface area contributed by atoms with Crippen molar-refractivity contribution in [2.45, 2.75) is 26.2 Å². The zero-order valence-corrected chi connectivity index (χ0v) is 12.2. The first kappa shape index (κ1) is 12.9. The number of hydrogen-bond donors (Lipinski definition) is 0. The molecule has 0 aliphatic carbocycles. The third kappa shape index (κ3) is 1.84. The maximum Gasteiger partial charge on any atom is 0.268 e. The van der Waals surface area contributed by atoms with E-state index in [-0.39, 0.29) is 17.2 Å². The molecule has 102 valence electrons. The number of hydrogen-bond acceptors (Lipinski definition) is 5. The maximum atomic E-state index is 12.3. The van der Waals surface area contributed by atoms with Crippen LogP contribution in [0.25, 0.3) is 0 Å². The Labute approximate surface area is 120 Å². The number of nitrogens with zero attached hydrogens (tertiary/aromatic N) is 3. The van der Waals surface area contributed by atoms with Crippen LogP contribution in [0.1, 0.15) is 46.5 Å². The van der Waals surface area contributed by atoms with Gasteiger partial charge in [-0.3, -0.25) is 9.59 Å². The summed E-state index contributed by atoms with van der Waals surface area (Å²) in [5.74, 6) is -0.663. The zero-order chi connectivity index (χ0) is 14.5. The molecule has 0 spiro atoms. The fraction of sp³-hybridized carbons (Fsp3) is 0.286. The molecule has 0 fully saturated rings. The van der Waals surface area contributed by atoms with Gasteiger partial charge in [-0.1, -0.05) is 44.2 Å². The van der Waals surface area contributed by atoms with Gasteiger partial charge >= 0.3 is 0 Å². The highest BCUT2D eigenvalue weighted by Gasteiger charge is 2.38. The average molecular weight is 287 g/mol. The summed E-state index contributed by atoms with van der Waals surface area (Å²) in [6.07, 6.45) is 0. The van der Waals surface area contributed by atoms with Crippen molar-refractivity contribution in [3.8, 4) is 0 Å². The van der Waals surface area contributed by atoms with E-state index in [1.807, 2.05) is 20.8 Å². The smallest absolute Gasteiger partial charge is 0.268 e. The van der Waals surface area contributed by atoms with Crippen molar-refractivity contribution in [3.05, 3.63) is 40.4 Å². The second-order valence-corrected chi connectivity index (χ2v) is 6.59. The Bertz CT molecular complexity index is 680. The van der Waals surface area contributed by atoms with Gasteiger partial charge in [-0.15, -0.1) is 10.2 Å². The van der Waals surface area contributed by atoms with Gasteiger partial charge in [0.1, 0.15) is 5.01 Å². The Morgan fingerprint density at radius 3 is 2.00 bits per heavy atom. The minimum Gasteiger partial charge on any atom is -0.268 e. The van der Waals surface area contributed by atoms with E-state index in [0.29, 0.717) is 16.3 Å². The first-order chi connectivity index (χ1) is 9.39. The molecule has 0 radical (unpaired) electrons. The van der Waals surface area contributed by atoms with Crippen molar-refractivity contribution < 1.29 is 9.59 Å². The summed E-state index contributed by atoms with van der Waals surface area (Å²) in [5.41, 5.74) is 0.684. The first-order valence-electron chi connectivity index (χ1n) is 6.21. The highest BCUT2D eigenvalue weighted by atomic mass is 32.1. The highest BCUT2D eigenvalue weighted by Crippen LogP contribution is 2.34. The summed E-state index contributed by atoms with van der Waals surface area (Å²) in [5, 5.41) is 9.22. The van der Waals surface area contributed by atoms with Gasteiger partial charge in [0.15, 0.2) is 0 Å². The van der Waals surface area contributed by atoms with Crippen molar-refractivity contribution in [2.24, 2.45) is 0 Å². The van der Waals surface area contributed by atoms with E-state index in [1.54, 1.807) is 24.3 Å². The van der Waals surface area contributed by atoms with Crippen LogP contribution in [0.5, 0.6) is 0 Å². The lowest BCUT2D eigenvalue weighted by Crippen LogP contribution is -2.29. The predicted molar refractivity (Wildman–Crippen MR) is 76.2 cm³/mol. The van der Waals surface area contributed by atoms with Gasteiger partial charge in [0, 0.05) is 5.41 Å². The van der Waals surface area contributed by atoms with Gasteiger partial charge < -0.3 is 0 Å². The van der Waals surface area contributed by atoms with Crippen LogP contribution in [0.15, 0.2) is 24.3 Å². The molecule has 3 rings (SSSR count). The van der Waals surface area contributed by atoms with Gasteiger partial charge in [-0.05, 0) is 12.1 Å². The van der Waals surface area contributed by atoms with Crippen LogP contribution in [0.2, 0.25) is 0 Å². The fourth-order valence-electron chi connectivity index (χ4n) is 1.97. The Balaban J connectivity index is 2.03. The molecule has 2 amide bonds. The van der Waals surface area contributed by atoms with Crippen molar-refractivity contribution >= 4 is 28.3 Å². The topological polar surface area (TPSA) is 63.2 Å². The maximum absolute atomic E-state index is 12.3. The lowest BCUT2D eigenvalue weighted by Gasteiger charge is -2.12. The quantitative estimate of drug-likeness (QED) is 0.756. The summed E-state index contributed by atoms with van der Waals surface area (Å²) in [6, 6.07) is 6.80. The molecule has 1 aromatic carbocycles. The fourth-order valence-corrected chi connectivity index (χ4v) is 2.87. The monoisotopic (exact) mass is 287 g/mol. The minimum atomic E-state index is -0.331. The molecular formula is C14H13N3O2S. The molecule has 0 unspecified atom stereocenters. The molecule has 0 saturated carbocycles. The molecule has 0 bridgehead atoms. The second kappa shape index (κ2) is 4.21. The number of rotatable bonds is 1. The molecule has 1 aliphatic rings. The second-order valence-electron chi connectivity index (χ2n) is 5.63. The summed E-state index contributed by atoms with van der Waals surface area (Å²) < 4.78 is 0. The van der Waals surface area contributed by atoms with E-state index in [9.17, 15) is 9.59 Å². The molecule has 2 heterocycles. The summed E-state index contributed by atoms with van der Waals surface area (Å²) in [6.45, 7) is 6.04. The lowest BCUT2D eigenvalue weighted by molar-refractivity contribution is 0.0926. The van der Waals surface area contributed by atoms with Crippen LogP contribution in [0, 0.1) is 0 Å². The molecule has 1 aromatic heterocycles. The largest absolute Gasteiger partial charge is 0.268 e. The lowest BCUT2D eigenvalue weighted by atomic mass is 9.98. The van der Waals surface area contributed by atoms with Crippen LogP contribution >= 0.6 is 11.3 Å². The van der Waals surface area contributed by atoms with Gasteiger partial charge in [0.05, 0.1) is 11.1 Å². The van der Waals surface area contributed by atoms with E-state index >= 15 is 0 Å². The van der Waals surface area contributed by atoms with Crippen LogP contribution < -0.4 is 4.90 Å². The molecule has 5 nitrogen and oxygen atoms in total. The number of aromatic nitrogens is 2. The molecule has 1 aliphatic heterocycles. The van der Waals surface area contributed by atoms with Crippen molar-refractivity contribution in [1.82, 2.24) is 10.2 Å². The SMILES string of the molecule is CC(C)(C)c1nnc(N2C(=O)c3ccccc3C2=O)s1. The van der Waals surface area contributed by atoms with Crippen LogP contribution in [-0.2, 0) is 5.41 Å².